The number of piperidine rings is 1. The Morgan fingerprint density at radius 3 is 2.61 bits per heavy atom. The molecular formula is C21H36N3O3S+. The van der Waals surface area contributed by atoms with Crippen LogP contribution in [-0.4, -0.2) is 57.4 Å². The van der Waals surface area contributed by atoms with Crippen molar-refractivity contribution >= 4 is 15.9 Å². The number of nitrogens with one attached hydrogen (secondary N) is 2. The van der Waals surface area contributed by atoms with Gasteiger partial charge in [-0.2, -0.15) is 4.31 Å². The van der Waals surface area contributed by atoms with E-state index >= 15 is 0 Å². The van der Waals surface area contributed by atoms with Gasteiger partial charge in [-0.1, -0.05) is 19.9 Å². The minimum atomic E-state index is -3.57. The number of carbonyl (C=O) groups excluding carboxylic acids is 1. The molecule has 1 fully saturated rings. The van der Waals surface area contributed by atoms with E-state index in [1.165, 1.54) is 36.2 Å². The van der Waals surface area contributed by atoms with Gasteiger partial charge in [-0.25, -0.2) is 8.42 Å². The van der Waals surface area contributed by atoms with Crippen LogP contribution in [0.15, 0.2) is 23.1 Å². The van der Waals surface area contributed by atoms with Crippen LogP contribution in [0.1, 0.15) is 62.4 Å². The van der Waals surface area contributed by atoms with Crippen LogP contribution in [0.5, 0.6) is 0 Å². The van der Waals surface area contributed by atoms with Crippen molar-refractivity contribution in [1.82, 2.24) is 9.62 Å². The Kier molecular flexibility index (Phi) is 8.46. The van der Waals surface area contributed by atoms with Crippen LogP contribution in [0.3, 0.4) is 0 Å². The van der Waals surface area contributed by atoms with Crippen molar-refractivity contribution in [2.75, 3.05) is 32.7 Å². The lowest BCUT2D eigenvalue weighted by Gasteiger charge is -2.30. The fourth-order valence-corrected chi connectivity index (χ4v) is 5.44. The third-order valence-electron chi connectivity index (χ3n) is 5.84. The molecule has 1 aromatic rings. The number of amides is 1. The van der Waals surface area contributed by atoms with E-state index in [9.17, 15) is 13.2 Å². The Hall–Kier alpha value is -1.44. The van der Waals surface area contributed by atoms with E-state index in [-0.39, 0.29) is 10.8 Å². The molecule has 1 aromatic carbocycles. The van der Waals surface area contributed by atoms with Crippen molar-refractivity contribution in [3.63, 3.8) is 0 Å². The summed E-state index contributed by atoms with van der Waals surface area (Å²) in [5.41, 5.74) is 1.22. The van der Waals surface area contributed by atoms with Gasteiger partial charge in [0, 0.05) is 31.6 Å². The first kappa shape index (κ1) is 22.8. The fraction of sp³-hybridized carbons (Fsp3) is 0.667. The summed E-state index contributed by atoms with van der Waals surface area (Å²) >= 11 is 0. The Bertz CT molecular complexity index is 760. The Balaban J connectivity index is 1.99. The summed E-state index contributed by atoms with van der Waals surface area (Å²) in [6, 6.07) is 5.51. The first-order chi connectivity index (χ1) is 13.3. The number of carbonyl (C=O) groups is 1. The van der Waals surface area contributed by atoms with Gasteiger partial charge in [-0.15, -0.1) is 0 Å². The van der Waals surface area contributed by atoms with Gasteiger partial charge in [0.15, 0.2) is 0 Å². The number of quaternary nitrogens is 1. The predicted octanol–water partition coefficient (Wildman–Crippen LogP) is 1.60. The van der Waals surface area contributed by atoms with Crippen LogP contribution in [-0.2, 0) is 10.0 Å². The molecule has 6 nitrogen and oxygen atoms in total. The van der Waals surface area contributed by atoms with Gasteiger partial charge < -0.3 is 10.2 Å². The van der Waals surface area contributed by atoms with Gasteiger partial charge in [0.1, 0.15) is 0 Å². The highest BCUT2D eigenvalue weighted by Gasteiger charge is 2.24. The van der Waals surface area contributed by atoms with Crippen LogP contribution < -0.4 is 10.2 Å². The van der Waals surface area contributed by atoms with Gasteiger partial charge in [-0.05, 0) is 50.8 Å². The Morgan fingerprint density at radius 1 is 1.25 bits per heavy atom. The van der Waals surface area contributed by atoms with Crippen LogP contribution in [0.25, 0.3) is 0 Å². The van der Waals surface area contributed by atoms with Crippen LogP contribution >= 0.6 is 0 Å². The van der Waals surface area contributed by atoms with E-state index in [2.05, 4.69) is 12.2 Å². The second kappa shape index (κ2) is 10.4. The summed E-state index contributed by atoms with van der Waals surface area (Å²) in [5.74, 6) is -0.198. The molecule has 0 spiro atoms. The SMILES string of the molecule is CCN(CC)S(=O)(=O)c1ccc(C)c(C(=O)NCCC[NH+]2CCCC[C@H]2C)c1. The number of rotatable bonds is 9. The fourth-order valence-electron chi connectivity index (χ4n) is 3.96. The molecule has 1 saturated heterocycles. The van der Waals surface area contributed by atoms with E-state index in [1.807, 2.05) is 20.8 Å². The molecule has 0 saturated carbocycles. The minimum Gasteiger partial charge on any atom is -0.352 e. The predicted molar refractivity (Wildman–Crippen MR) is 112 cm³/mol. The van der Waals surface area contributed by atoms with Crippen LogP contribution in [0.2, 0.25) is 0 Å². The van der Waals surface area contributed by atoms with Gasteiger partial charge in [0.2, 0.25) is 10.0 Å². The number of nitrogens with zero attached hydrogens (tertiary/aromatic N) is 1. The quantitative estimate of drug-likeness (QED) is 0.608. The van der Waals surface area contributed by atoms with Crippen molar-refractivity contribution in [3.8, 4) is 0 Å². The summed E-state index contributed by atoms with van der Waals surface area (Å²) in [4.78, 5) is 14.5. The number of hydrogen-bond acceptors (Lipinski definition) is 3. The first-order valence-electron chi connectivity index (χ1n) is 10.5. The second-order valence-corrected chi connectivity index (χ2v) is 9.67. The molecule has 1 aliphatic heterocycles. The average Bonchev–Trinajstić information content (AvgIpc) is 2.67. The lowest BCUT2D eigenvalue weighted by Crippen LogP contribution is -3.16. The molecule has 1 unspecified atom stereocenters. The van der Waals surface area contributed by atoms with Gasteiger partial charge in [-0.3, -0.25) is 4.79 Å². The number of likely N-dealkylation sites (tertiary alicyclic amines) is 1. The molecule has 1 heterocycles. The molecule has 0 bridgehead atoms. The molecule has 0 aromatic heterocycles. The zero-order valence-electron chi connectivity index (χ0n) is 17.8. The highest BCUT2D eigenvalue weighted by Crippen LogP contribution is 2.19. The molecule has 0 radical (unpaired) electrons. The molecule has 28 heavy (non-hydrogen) atoms. The minimum absolute atomic E-state index is 0.179. The molecule has 158 valence electrons. The summed E-state index contributed by atoms with van der Waals surface area (Å²) in [6.07, 6.45) is 4.84. The topological polar surface area (TPSA) is 70.9 Å². The van der Waals surface area contributed by atoms with Crippen LogP contribution in [0, 0.1) is 6.92 Å². The highest BCUT2D eigenvalue weighted by molar-refractivity contribution is 7.89. The molecule has 2 atom stereocenters. The smallest absolute Gasteiger partial charge is 0.251 e. The Morgan fingerprint density at radius 2 is 1.96 bits per heavy atom. The summed E-state index contributed by atoms with van der Waals surface area (Å²) in [7, 11) is -3.57. The first-order valence-corrected chi connectivity index (χ1v) is 12.0. The zero-order chi connectivity index (χ0) is 20.7. The zero-order valence-corrected chi connectivity index (χ0v) is 18.6. The molecule has 0 aliphatic carbocycles. The largest absolute Gasteiger partial charge is 0.352 e. The van der Waals surface area contributed by atoms with Gasteiger partial charge >= 0.3 is 0 Å². The summed E-state index contributed by atoms with van der Waals surface area (Å²) in [5, 5.41) is 2.97. The maximum absolute atomic E-state index is 12.7. The lowest BCUT2D eigenvalue weighted by atomic mass is 10.0. The second-order valence-electron chi connectivity index (χ2n) is 7.73. The summed E-state index contributed by atoms with van der Waals surface area (Å²) < 4.78 is 26.9. The highest BCUT2D eigenvalue weighted by atomic mass is 32.2. The number of hydrogen-bond donors (Lipinski definition) is 2. The Labute approximate surface area is 170 Å². The normalized spacial score (nSPS) is 20.3. The van der Waals surface area contributed by atoms with Crippen molar-refractivity contribution in [1.29, 1.82) is 0 Å². The third-order valence-corrected chi connectivity index (χ3v) is 7.88. The monoisotopic (exact) mass is 410 g/mol. The molecular weight excluding hydrogens is 374 g/mol. The summed E-state index contributed by atoms with van der Waals surface area (Å²) in [6.45, 7) is 11.5. The molecule has 2 rings (SSSR count). The van der Waals surface area contributed by atoms with Gasteiger partial charge in [0.05, 0.1) is 24.0 Å². The van der Waals surface area contributed by atoms with Gasteiger partial charge in [0.25, 0.3) is 5.91 Å². The standard InChI is InChI=1S/C21H35N3O3S/c1-5-24(6-2)28(26,27)19-12-11-17(3)20(16-19)21(25)22-13-9-15-23-14-8-7-10-18(23)4/h11-12,16,18H,5-10,13-15H2,1-4H3,(H,22,25)/p+1/t18-/m1/s1. The van der Waals surface area contributed by atoms with E-state index in [4.69, 9.17) is 0 Å². The number of sulfonamides is 1. The van der Waals surface area contributed by atoms with Crippen molar-refractivity contribution in [2.24, 2.45) is 0 Å². The van der Waals surface area contributed by atoms with Crippen molar-refractivity contribution in [3.05, 3.63) is 29.3 Å². The van der Waals surface area contributed by atoms with E-state index in [0.717, 1.165) is 18.5 Å². The van der Waals surface area contributed by atoms with Crippen LogP contribution in [0.4, 0.5) is 0 Å². The third kappa shape index (κ3) is 5.55. The van der Waals surface area contributed by atoms with E-state index < -0.39 is 10.0 Å². The van der Waals surface area contributed by atoms with Crippen molar-refractivity contribution in [2.45, 2.75) is 64.3 Å². The maximum atomic E-state index is 12.7. The van der Waals surface area contributed by atoms with E-state index in [0.29, 0.717) is 31.2 Å². The maximum Gasteiger partial charge on any atom is 0.251 e. The number of aryl methyl sites for hydroxylation is 1. The molecule has 1 aliphatic rings. The average molecular weight is 411 g/mol. The van der Waals surface area contributed by atoms with Crippen molar-refractivity contribution < 1.29 is 18.1 Å². The number of benzene rings is 1. The molecule has 7 heteroatoms. The molecule has 1 amide bonds. The lowest BCUT2D eigenvalue weighted by molar-refractivity contribution is -0.928. The van der Waals surface area contributed by atoms with E-state index in [1.54, 1.807) is 17.0 Å². The molecule has 2 N–H and O–H groups in total.